The zero-order valence-corrected chi connectivity index (χ0v) is 14.4. The van der Waals surface area contributed by atoms with Gasteiger partial charge in [-0.2, -0.15) is 0 Å². The van der Waals surface area contributed by atoms with Crippen LogP contribution in [0.15, 0.2) is 52.6 Å². The highest BCUT2D eigenvalue weighted by Crippen LogP contribution is 2.23. The van der Waals surface area contributed by atoms with E-state index in [0.29, 0.717) is 23.6 Å². The van der Waals surface area contributed by atoms with Gasteiger partial charge >= 0.3 is 0 Å². The minimum atomic E-state index is -0.732. The summed E-state index contributed by atoms with van der Waals surface area (Å²) in [6.45, 7) is 0.517. The lowest BCUT2D eigenvalue weighted by atomic mass is 10.2. The molecular formula is C17H11ClF2N6O. The lowest BCUT2D eigenvalue weighted by Crippen LogP contribution is -2.30. The molecule has 27 heavy (non-hydrogen) atoms. The largest absolute Gasteiger partial charge is 0.364 e. The molecule has 0 unspecified atom stereocenters. The van der Waals surface area contributed by atoms with Crippen LogP contribution in [0.25, 0.3) is 5.70 Å². The van der Waals surface area contributed by atoms with Crippen molar-refractivity contribution >= 4 is 23.0 Å². The van der Waals surface area contributed by atoms with Gasteiger partial charge in [0, 0.05) is 18.5 Å². The second kappa shape index (κ2) is 7.20. The molecule has 0 spiro atoms. The highest BCUT2D eigenvalue weighted by Gasteiger charge is 2.21. The smallest absolute Gasteiger partial charge is 0.181 e. The molecule has 0 atom stereocenters. The Morgan fingerprint density at radius 1 is 1.19 bits per heavy atom. The molecule has 10 heteroatoms. The molecule has 4 rings (SSSR count). The van der Waals surface area contributed by atoms with E-state index in [1.54, 1.807) is 17.2 Å². The number of hydrogen-bond acceptors (Lipinski definition) is 7. The zero-order chi connectivity index (χ0) is 18.8. The van der Waals surface area contributed by atoms with Gasteiger partial charge in [-0.25, -0.2) is 23.7 Å². The summed E-state index contributed by atoms with van der Waals surface area (Å²) < 4.78 is 32.2. The summed E-state index contributed by atoms with van der Waals surface area (Å²) in [6.07, 6.45) is 5.54. The van der Waals surface area contributed by atoms with Gasteiger partial charge in [0.15, 0.2) is 16.8 Å². The molecule has 0 amide bonds. The Labute approximate surface area is 157 Å². The van der Waals surface area contributed by atoms with Crippen molar-refractivity contribution in [1.29, 1.82) is 0 Å². The number of aliphatic imine (C=N–C) groups is 1. The molecule has 0 aromatic carbocycles. The van der Waals surface area contributed by atoms with Gasteiger partial charge in [-0.1, -0.05) is 16.8 Å². The summed E-state index contributed by atoms with van der Waals surface area (Å²) >= 11 is 5.75. The number of nitrogens with zero attached hydrogens (tertiary/aromatic N) is 6. The average molecular weight is 389 g/mol. The van der Waals surface area contributed by atoms with Gasteiger partial charge in [0.05, 0.1) is 30.7 Å². The fraction of sp³-hybridized carbons (Fsp3) is 0.118. The topological polar surface area (TPSA) is 80.3 Å². The van der Waals surface area contributed by atoms with E-state index in [0.717, 1.165) is 6.20 Å². The van der Waals surface area contributed by atoms with Crippen LogP contribution in [0.2, 0.25) is 5.15 Å². The van der Waals surface area contributed by atoms with Crippen LogP contribution in [0.4, 0.5) is 8.78 Å². The van der Waals surface area contributed by atoms with Crippen molar-refractivity contribution in [2.75, 3.05) is 6.54 Å². The minimum Gasteiger partial charge on any atom is -0.364 e. The molecule has 4 heterocycles. The summed E-state index contributed by atoms with van der Waals surface area (Å²) in [6, 6.07) is 4.51. The van der Waals surface area contributed by atoms with Crippen molar-refractivity contribution in [2.45, 2.75) is 6.54 Å². The monoisotopic (exact) mass is 388 g/mol. The van der Waals surface area contributed by atoms with Gasteiger partial charge in [0.2, 0.25) is 0 Å². The van der Waals surface area contributed by atoms with Gasteiger partial charge < -0.3 is 9.42 Å². The second-order valence-electron chi connectivity index (χ2n) is 5.63. The van der Waals surface area contributed by atoms with Crippen molar-refractivity contribution in [3.05, 3.63) is 77.1 Å². The van der Waals surface area contributed by atoms with Gasteiger partial charge in [-0.05, 0) is 12.1 Å². The lowest BCUT2D eigenvalue weighted by molar-refractivity contribution is 0.395. The number of rotatable bonds is 4. The predicted octanol–water partition coefficient (Wildman–Crippen LogP) is 3.09. The van der Waals surface area contributed by atoms with Crippen LogP contribution < -0.4 is 0 Å². The number of hydrogen-bond donors (Lipinski definition) is 0. The van der Waals surface area contributed by atoms with Gasteiger partial charge in [-0.15, -0.1) is 0 Å². The third-order valence-electron chi connectivity index (χ3n) is 3.76. The first-order valence-electron chi connectivity index (χ1n) is 7.82. The molecule has 0 fully saturated rings. The van der Waals surface area contributed by atoms with Crippen LogP contribution in [-0.4, -0.2) is 37.3 Å². The van der Waals surface area contributed by atoms with Crippen molar-refractivity contribution in [3.8, 4) is 0 Å². The maximum Gasteiger partial charge on any atom is 0.181 e. The highest BCUT2D eigenvalue weighted by molar-refractivity contribution is 6.29. The molecule has 0 saturated carbocycles. The first-order valence-corrected chi connectivity index (χ1v) is 8.20. The van der Waals surface area contributed by atoms with Crippen molar-refractivity contribution < 1.29 is 13.3 Å². The molecule has 136 valence electrons. The molecule has 0 aliphatic carbocycles. The van der Waals surface area contributed by atoms with Crippen LogP contribution in [0.3, 0.4) is 0 Å². The molecule has 0 bridgehead atoms. The molecule has 7 nitrogen and oxygen atoms in total. The van der Waals surface area contributed by atoms with Gasteiger partial charge in [-0.3, -0.25) is 4.98 Å². The van der Waals surface area contributed by atoms with Crippen molar-refractivity contribution in [2.24, 2.45) is 4.99 Å². The third kappa shape index (κ3) is 3.68. The normalized spacial score (nSPS) is 14.1. The molecule has 0 radical (unpaired) electrons. The third-order valence-corrected chi connectivity index (χ3v) is 4.03. The fourth-order valence-corrected chi connectivity index (χ4v) is 2.66. The van der Waals surface area contributed by atoms with E-state index in [9.17, 15) is 8.78 Å². The van der Waals surface area contributed by atoms with E-state index in [2.05, 4.69) is 25.1 Å². The van der Waals surface area contributed by atoms with E-state index in [1.165, 1.54) is 24.6 Å². The summed E-state index contributed by atoms with van der Waals surface area (Å²) in [7, 11) is 0. The summed E-state index contributed by atoms with van der Waals surface area (Å²) in [4.78, 5) is 18.2. The number of pyridine rings is 1. The van der Waals surface area contributed by atoms with E-state index in [1.807, 2.05) is 0 Å². The number of aromatic nitrogens is 4. The molecule has 3 aromatic rings. The Balaban J connectivity index is 1.72. The van der Waals surface area contributed by atoms with Crippen LogP contribution in [0.5, 0.6) is 0 Å². The zero-order valence-electron chi connectivity index (χ0n) is 13.7. The first kappa shape index (κ1) is 17.2. The van der Waals surface area contributed by atoms with Crippen LogP contribution in [0, 0.1) is 11.6 Å². The SMILES string of the molecule is Fc1cnc(C2=CN(Cc3ncccc3F)CC(c3ccon3)=N2)nc1Cl. The maximum atomic E-state index is 14.0. The van der Waals surface area contributed by atoms with Crippen LogP contribution >= 0.6 is 11.6 Å². The van der Waals surface area contributed by atoms with Crippen molar-refractivity contribution in [1.82, 2.24) is 25.0 Å². The highest BCUT2D eigenvalue weighted by atomic mass is 35.5. The minimum absolute atomic E-state index is 0.133. The van der Waals surface area contributed by atoms with Crippen LogP contribution in [0.1, 0.15) is 17.2 Å². The Morgan fingerprint density at radius 2 is 2.07 bits per heavy atom. The maximum absolute atomic E-state index is 14.0. The van der Waals surface area contributed by atoms with E-state index >= 15 is 0 Å². The predicted molar refractivity (Wildman–Crippen MR) is 92.6 cm³/mol. The van der Waals surface area contributed by atoms with Crippen molar-refractivity contribution in [3.63, 3.8) is 0 Å². The molecule has 0 N–H and O–H groups in total. The quantitative estimate of drug-likeness (QED) is 0.639. The Kier molecular flexibility index (Phi) is 4.59. The van der Waals surface area contributed by atoms with Gasteiger partial charge in [0.1, 0.15) is 23.5 Å². The summed E-state index contributed by atoms with van der Waals surface area (Å²) in [5, 5.41) is 3.57. The molecule has 1 aliphatic rings. The average Bonchev–Trinajstić information content (AvgIpc) is 3.20. The van der Waals surface area contributed by atoms with Crippen LogP contribution in [-0.2, 0) is 6.54 Å². The summed E-state index contributed by atoms with van der Waals surface area (Å²) in [5.41, 5.74) is 1.67. The fourth-order valence-electron chi connectivity index (χ4n) is 2.53. The molecule has 1 aliphatic heterocycles. The standard InChI is InChI=1S/C17H11ClF2N6O/c18-16-11(20)6-22-17(24-16)15-9-26(7-13-10(19)2-1-4-21-13)8-14(23-15)12-3-5-27-25-12/h1-6,9H,7-8H2. The van der Waals surface area contributed by atoms with E-state index in [4.69, 9.17) is 16.1 Å². The number of halogens is 3. The Hall–Kier alpha value is -3.20. The second-order valence-corrected chi connectivity index (χ2v) is 5.98. The Morgan fingerprint density at radius 3 is 2.81 bits per heavy atom. The molecular weight excluding hydrogens is 378 g/mol. The summed E-state index contributed by atoms with van der Waals surface area (Å²) in [5.74, 6) is -1.02. The van der Waals surface area contributed by atoms with E-state index in [-0.39, 0.29) is 23.2 Å². The Bertz CT molecular complexity index is 1040. The molecule has 0 saturated heterocycles. The first-order chi connectivity index (χ1) is 13.1. The van der Waals surface area contributed by atoms with Gasteiger partial charge in [0.25, 0.3) is 0 Å². The molecule has 3 aromatic heterocycles. The lowest BCUT2D eigenvalue weighted by Gasteiger charge is -2.25. The van der Waals surface area contributed by atoms with E-state index < -0.39 is 11.6 Å².